The minimum absolute atomic E-state index is 0.00748. The maximum absolute atomic E-state index is 14.1. The molecule has 0 unspecified atom stereocenters. The normalized spacial score (nSPS) is 25.1. The predicted molar refractivity (Wildman–Crippen MR) is 163 cm³/mol. The van der Waals surface area contributed by atoms with Crippen LogP contribution in [0.2, 0.25) is 0 Å². The van der Waals surface area contributed by atoms with E-state index in [9.17, 15) is 34.8 Å². The summed E-state index contributed by atoms with van der Waals surface area (Å²) in [6.07, 6.45) is 0.180. The molecular formula is C33H39N3O8. The molecule has 0 spiro atoms. The standard InChI is InChI=1S/C33H39N3O8/c1-32(2,3)35-14-15-7-10-22(44-6)18(11-15)17-8-9-21(37)24-19(17)12-16-13-20-26(36(4)5)28(39)25(31(34)42)30(41)33(20,43)29(40)23(16)27(24)38/h7-11,16,20,26,35,37-38,41,43H,12-14H2,1-6H3,(H2,34,42)/t16-,20-,26-,33-/m0/s1. The van der Waals surface area contributed by atoms with E-state index < -0.39 is 58.0 Å². The molecule has 0 bridgehead atoms. The summed E-state index contributed by atoms with van der Waals surface area (Å²) in [5.74, 6) is -6.30. The number of aliphatic hydroxyl groups excluding tert-OH is 2. The van der Waals surface area contributed by atoms with Gasteiger partial charge < -0.3 is 36.2 Å². The Hall–Kier alpha value is -4.19. The zero-order valence-corrected chi connectivity index (χ0v) is 25.7. The molecule has 2 aromatic rings. The molecule has 11 nitrogen and oxygen atoms in total. The zero-order valence-electron chi connectivity index (χ0n) is 25.7. The van der Waals surface area contributed by atoms with Crippen molar-refractivity contribution >= 4 is 23.2 Å². The van der Waals surface area contributed by atoms with Crippen molar-refractivity contribution in [3.8, 4) is 22.6 Å². The average molecular weight is 606 g/mol. The largest absolute Gasteiger partial charge is 0.508 e. The van der Waals surface area contributed by atoms with E-state index in [4.69, 9.17) is 10.5 Å². The molecule has 11 heteroatoms. The number of ether oxygens (including phenoxy) is 1. The number of carbonyl (C=O) groups excluding carboxylic acids is 3. The summed E-state index contributed by atoms with van der Waals surface area (Å²) in [7, 11) is 4.69. The lowest BCUT2D eigenvalue weighted by molar-refractivity contribution is -0.153. The molecule has 1 saturated carbocycles. The van der Waals surface area contributed by atoms with Crippen molar-refractivity contribution in [3.05, 3.63) is 63.9 Å². The van der Waals surface area contributed by atoms with E-state index in [1.54, 1.807) is 27.3 Å². The lowest BCUT2D eigenvalue weighted by Crippen LogP contribution is -2.65. The van der Waals surface area contributed by atoms with Gasteiger partial charge in [0.05, 0.1) is 18.7 Å². The number of carbonyl (C=O) groups is 3. The molecule has 3 aliphatic carbocycles. The number of primary amides is 1. The zero-order chi connectivity index (χ0) is 32.5. The Morgan fingerprint density at radius 3 is 2.39 bits per heavy atom. The molecule has 0 radical (unpaired) electrons. The number of methoxy groups -OCH3 is 1. The number of hydrogen-bond donors (Lipinski definition) is 6. The van der Waals surface area contributed by atoms with E-state index in [2.05, 4.69) is 26.1 Å². The molecule has 4 atom stereocenters. The molecule has 1 fully saturated rings. The van der Waals surface area contributed by atoms with Crippen LogP contribution in [0.25, 0.3) is 16.9 Å². The summed E-state index contributed by atoms with van der Waals surface area (Å²) >= 11 is 0. The van der Waals surface area contributed by atoms with Gasteiger partial charge in [0.1, 0.15) is 28.6 Å². The number of ketones is 2. The van der Waals surface area contributed by atoms with Gasteiger partial charge in [-0.3, -0.25) is 19.3 Å². The third-order valence-corrected chi connectivity index (χ3v) is 8.98. The van der Waals surface area contributed by atoms with Crippen LogP contribution in [0, 0.1) is 11.8 Å². The molecule has 7 N–H and O–H groups in total. The Bertz CT molecular complexity index is 1650. The molecule has 44 heavy (non-hydrogen) atoms. The summed E-state index contributed by atoms with van der Waals surface area (Å²) in [4.78, 5) is 41.1. The van der Waals surface area contributed by atoms with Crippen LogP contribution >= 0.6 is 0 Å². The molecule has 0 heterocycles. The number of phenolic OH excluding ortho intramolecular Hbond substituents is 1. The highest BCUT2D eigenvalue weighted by Gasteiger charge is 2.64. The molecular weight excluding hydrogens is 566 g/mol. The van der Waals surface area contributed by atoms with Gasteiger partial charge in [-0.2, -0.15) is 0 Å². The third kappa shape index (κ3) is 4.75. The van der Waals surface area contributed by atoms with Crippen molar-refractivity contribution in [2.45, 2.75) is 57.3 Å². The number of aromatic hydroxyl groups is 1. The molecule has 0 aromatic heterocycles. The van der Waals surface area contributed by atoms with Crippen LogP contribution in [0.4, 0.5) is 0 Å². The maximum Gasteiger partial charge on any atom is 0.255 e. The van der Waals surface area contributed by atoms with Gasteiger partial charge >= 0.3 is 0 Å². The second kappa shape index (κ2) is 10.8. The quantitative estimate of drug-likeness (QED) is 0.268. The third-order valence-electron chi connectivity index (χ3n) is 8.98. The molecule has 0 saturated heterocycles. The highest BCUT2D eigenvalue weighted by molar-refractivity contribution is 6.24. The van der Waals surface area contributed by atoms with Crippen molar-refractivity contribution in [2.24, 2.45) is 17.6 Å². The fourth-order valence-electron chi connectivity index (χ4n) is 6.94. The summed E-state index contributed by atoms with van der Waals surface area (Å²) in [5, 5.41) is 48.9. The number of fused-ring (bicyclic) bond motifs is 3. The Kier molecular flexibility index (Phi) is 7.64. The summed E-state index contributed by atoms with van der Waals surface area (Å²) in [5.41, 5.74) is 4.52. The fourth-order valence-corrected chi connectivity index (χ4v) is 6.94. The van der Waals surface area contributed by atoms with Crippen LogP contribution in [0.5, 0.6) is 11.5 Å². The van der Waals surface area contributed by atoms with Gasteiger partial charge in [0.2, 0.25) is 5.78 Å². The minimum Gasteiger partial charge on any atom is -0.508 e. The number of nitrogens with zero attached hydrogens (tertiary/aromatic N) is 1. The Labute approximate surface area is 255 Å². The second-order valence-corrected chi connectivity index (χ2v) is 13.1. The van der Waals surface area contributed by atoms with Gasteiger partial charge in [0.15, 0.2) is 11.4 Å². The van der Waals surface area contributed by atoms with Crippen LogP contribution in [-0.4, -0.2) is 81.2 Å². The first-order valence-corrected chi connectivity index (χ1v) is 14.4. The monoisotopic (exact) mass is 605 g/mol. The summed E-state index contributed by atoms with van der Waals surface area (Å²) in [6, 6.07) is 7.77. The first-order chi connectivity index (χ1) is 20.5. The topological polar surface area (TPSA) is 183 Å². The van der Waals surface area contributed by atoms with E-state index in [0.29, 0.717) is 23.4 Å². The van der Waals surface area contributed by atoms with Crippen molar-refractivity contribution < 1.29 is 39.5 Å². The SMILES string of the molecule is COc1ccc(CNC(C)(C)C)cc1-c1ccc(O)c2c1C[C@H]1C[C@H]3[C@H](N(C)C)C(=O)C(C(N)=O)=C(O)[C@@]3(O)C(=O)C1=C2O. The van der Waals surface area contributed by atoms with E-state index in [-0.39, 0.29) is 35.3 Å². The van der Waals surface area contributed by atoms with Gasteiger partial charge in [0, 0.05) is 29.1 Å². The first-order valence-electron chi connectivity index (χ1n) is 14.4. The van der Waals surface area contributed by atoms with E-state index >= 15 is 0 Å². The van der Waals surface area contributed by atoms with E-state index in [0.717, 1.165) is 11.1 Å². The number of benzene rings is 2. The Morgan fingerprint density at radius 2 is 1.80 bits per heavy atom. The first kappa shape index (κ1) is 31.2. The number of aliphatic hydroxyl groups is 3. The number of likely N-dealkylation sites (N-methyl/N-ethyl adjacent to an activating group) is 1. The van der Waals surface area contributed by atoms with E-state index in [1.165, 1.54) is 11.0 Å². The number of rotatable bonds is 6. The van der Waals surface area contributed by atoms with Crippen LogP contribution in [0.15, 0.2) is 47.2 Å². The highest BCUT2D eigenvalue weighted by Crippen LogP contribution is 2.54. The molecule has 1 amide bonds. The van der Waals surface area contributed by atoms with Gasteiger partial charge in [-0.1, -0.05) is 12.1 Å². The molecule has 2 aromatic carbocycles. The number of nitrogens with one attached hydrogen (secondary N) is 1. The smallest absolute Gasteiger partial charge is 0.255 e. The van der Waals surface area contributed by atoms with E-state index in [1.807, 2.05) is 18.2 Å². The Balaban J connectivity index is 1.69. The van der Waals surface area contributed by atoms with Crippen LogP contribution in [0.1, 0.15) is 43.9 Å². The average Bonchev–Trinajstić information content (AvgIpc) is 2.93. The van der Waals surface area contributed by atoms with Crippen molar-refractivity contribution in [1.29, 1.82) is 0 Å². The van der Waals surface area contributed by atoms with Gasteiger partial charge in [0.25, 0.3) is 5.91 Å². The Morgan fingerprint density at radius 1 is 1.11 bits per heavy atom. The van der Waals surface area contributed by atoms with Crippen molar-refractivity contribution in [3.63, 3.8) is 0 Å². The predicted octanol–water partition coefficient (Wildman–Crippen LogP) is 2.53. The number of Topliss-reactive ketones (excluding diaryl/α,β-unsaturated/α-hetero) is 2. The van der Waals surface area contributed by atoms with Crippen molar-refractivity contribution in [2.75, 3.05) is 21.2 Å². The lowest BCUT2D eigenvalue weighted by Gasteiger charge is -2.50. The summed E-state index contributed by atoms with van der Waals surface area (Å²) < 4.78 is 5.69. The van der Waals surface area contributed by atoms with Crippen molar-refractivity contribution in [1.82, 2.24) is 10.2 Å². The second-order valence-electron chi connectivity index (χ2n) is 13.1. The van der Waals surface area contributed by atoms with Crippen LogP contribution in [0.3, 0.4) is 0 Å². The van der Waals surface area contributed by atoms with Gasteiger partial charge in [-0.25, -0.2) is 0 Å². The van der Waals surface area contributed by atoms with Crippen LogP contribution < -0.4 is 15.8 Å². The molecule has 5 rings (SSSR count). The number of nitrogens with two attached hydrogens (primary N) is 1. The fraction of sp³-hybridized carbons (Fsp3) is 0.424. The lowest BCUT2D eigenvalue weighted by atomic mass is 9.57. The molecule has 234 valence electrons. The molecule has 3 aliphatic rings. The summed E-state index contributed by atoms with van der Waals surface area (Å²) in [6.45, 7) is 6.78. The number of amides is 1. The highest BCUT2D eigenvalue weighted by atomic mass is 16.5. The minimum atomic E-state index is -2.69. The van der Waals surface area contributed by atoms with Gasteiger partial charge in [-0.05, 0) is 88.5 Å². The number of phenols is 1. The number of hydrogen-bond acceptors (Lipinski definition) is 10. The molecule has 0 aliphatic heterocycles. The maximum atomic E-state index is 14.1. The van der Waals surface area contributed by atoms with Crippen LogP contribution in [-0.2, 0) is 27.3 Å². The van der Waals surface area contributed by atoms with Gasteiger partial charge in [-0.15, -0.1) is 0 Å².